The van der Waals surface area contributed by atoms with E-state index >= 15 is 0 Å². The van der Waals surface area contributed by atoms with Crippen molar-refractivity contribution in [1.82, 2.24) is 4.57 Å². The maximum absolute atomic E-state index is 11.4. The Balaban J connectivity index is 2.58. The van der Waals surface area contributed by atoms with Crippen LogP contribution in [0.3, 0.4) is 0 Å². The van der Waals surface area contributed by atoms with Gasteiger partial charge < -0.3 is 9.67 Å². The summed E-state index contributed by atoms with van der Waals surface area (Å²) < 4.78 is 2.25. The average Bonchev–Trinajstić information content (AvgIpc) is 2.64. The molecule has 0 bridgehead atoms. The smallest absolute Gasteiger partial charge is 0.309 e. The van der Waals surface area contributed by atoms with Crippen molar-refractivity contribution in [1.29, 1.82) is 0 Å². The number of aliphatic carboxylic acids is 1. The Morgan fingerprint density at radius 2 is 1.95 bits per heavy atom. The summed E-state index contributed by atoms with van der Waals surface area (Å²) in [6.07, 6.45) is 0.536. The zero-order valence-corrected chi connectivity index (χ0v) is 12.9. The molecular weight excluding hydrogens is 250 g/mol. The highest BCUT2D eigenvalue weighted by Crippen LogP contribution is 2.30. The molecule has 0 aliphatic carbocycles. The number of carbonyl (C=O) groups is 1. The van der Waals surface area contributed by atoms with Crippen LogP contribution in [0.1, 0.15) is 45.0 Å². The van der Waals surface area contributed by atoms with E-state index in [1.165, 1.54) is 16.5 Å². The molecule has 0 saturated heterocycles. The largest absolute Gasteiger partial charge is 0.481 e. The zero-order valence-electron chi connectivity index (χ0n) is 12.9. The summed E-state index contributed by atoms with van der Waals surface area (Å²) in [7, 11) is 0. The highest BCUT2D eigenvalue weighted by Gasteiger charge is 2.29. The second kappa shape index (κ2) is 4.97. The second-order valence-electron chi connectivity index (χ2n) is 6.53. The van der Waals surface area contributed by atoms with Crippen LogP contribution < -0.4 is 0 Å². The van der Waals surface area contributed by atoms with Gasteiger partial charge in [-0.1, -0.05) is 11.6 Å². The Labute approximate surface area is 120 Å². The minimum atomic E-state index is -0.755. The first-order chi connectivity index (χ1) is 9.22. The van der Waals surface area contributed by atoms with Crippen LogP contribution in [0.15, 0.2) is 24.3 Å². The number of rotatable bonds is 4. The Morgan fingerprint density at radius 1 is 1.30 bits per heavy atom. The van der Waals surface area contributed by atoms with Crippen molar-refractivity contribution in [2.75, 3.05) is 0 Å². The third kappa shape index (κ3) is 2.58. The molecule has 0 aliphatic heterocycles. The lowest BCUT2D eigenvalue weighted by Crippen LogP contribution is -2.27. The molecule has 0 unspecified atom stereocenters. The van der Waals surface area contributed by atoms with E-state index in [0.717, 1.165) is 5.69 Å². The van der Waals surface area contributed by atoms with Crippen molar-refractivity contribution in [3.63, 3.8) is 0 Å². The van der Waals surface area contributed by atoms with Gasteiger partial charge in [-0.25, -0.2) is 0 Å². The fourth-order valence-electron chi connectivity index (χ4n) is 2.69. The topological polar surface area (TPSA) is 42.2 Å². The van der Waals surface area contributed by atoms with Crippen molar-refractivity contribution >= 4 is 16.9 Å². The molecule has 0 atom stereocenters. The van der Waals surface area contributed by atoms with Crippen LogP contribution in [-0.4, -0.2) is 15.6 Å². The Morgan fingerprint density at radius 3 is 2.50 bits per heavy atom. The summed E-state index contributed by atoms with van der Waals surface area (Å²) in [6, 6.07) is 8.84. The lowest BCUT2D eigenvalue weighted by Gasteiger charge is -2.22. The van der Waals surface area contributed by atoms with Gasteiger partial charge in [0.1, 0.15) is 0 Å². The number of carboxylic acids is 1. The molecule has 0 amide bonds. The van der Waals surface area contributed by atoms with Crippen LogP contribution in [-0.2, 0) is 11.2 Å². The highest BCUT2D eigenvalue weighted by molar-refractivity contribution is 5.83. The lowest BCUT2D eigenvalue weighted by molar-refractivity contribution is -0.146. The number of aryl methyl sites for hydroxylation is 1. The van der Waals surface area contributed by atoms with Gasteiger partial charge in [-0.05, 0) is 52.8 Å². The molecule has 0 saturated carbocycles. The molecule has 3 nitrogen and oxygen atoms in total. The molecule has 0 fully saturated rings. The highest BCUT2D eigenvalue weighted by atomic mass is 16.4. The van der Waals surface area contributed by atoms with Gasteiger partial charge in [0, 0.05) is 29.1 Å². The van der Waals surface area contributed by atoms with E-state index in [1.807, 2.05) is 0 Å². The van der Waals surface area contributed by atoms with E-state index < -0.39 is 11.4 Å². The van der Waals surface area contributed by atoms with Gasteiger partial charge in [0.05, 0.1) is 5.41 Å². The SMILES string of the molecule is Cc1ccc2c(c1)cc(CC(C)(C)C(=O)O)n2C(C)C. The number of hydrogen-bond acceptors (Lipinski definition) is 1. The van der Waals surface area contributed by atoms with Crippen molar-refractivity contribution in [2.45, 2.75) is 47.1 Å². The van der Waals surface area contributed by atoms with E-state index in [-0.39, 0.29) is 0 Å². The first-order valence-electron chi connectivity index (χ1n) is 7.06. The van der Waals surface area contributed by atoms with Crippen LogP contribution >= 0.6 is 0 Å². The molecule has 1 heterocycles. The summed E-state index contributed by atoms with van der Waals surface area (Å²) >= 11 is 0. The summed E-state index contributed by atoms with van der Waals surface area (Å²) in [4.78, 5) is 11.4. The Bertz CT molecular complexity index is 650. The summed E-state index contributed by atoms with van der Waals surface area (Å²) in [6.45, 7) is 9.91. The van der Waals surface area contributed by atoms with E-state index in [1.54, 1.807) is 13.8 Å². The number of hydrogen-bond donors (Lipinski definition) is 1. The lowest BCUT2D eigenvalue weighted by atomic mass is 9.88. The minimum absolute atomic E-state index is 0.315. The molecule has 108 valence electrons. The molecule has 2 aromatic rings. The Hall–Kier alpha value is -1.77. The van der Waals surface area contributed by atoms with Gasteiger partial charge in [-0.2, -0.15) is 0 Å². The van der Waals surface area contributed by atoms with Gasteiger partial charge in [-0.15, -0.1) is 0 Å². The van der Waals surface area contributed by atoms with Gasteiger partial charge in [-0.3, -0.25) is 4.79 Å². The normalized spacial score (nSPS) is 12.3. The molecule has 0 spiro atoms. The summed E-state index contributed by atoms with van der Waals surface area (Å²) in [5.41, 5.74) is 2.74. The molecule has 1 aromatic heterocycles. The van der Waals surface area contributed by atoms with Gasteiger partial charge in [0.15, 0.2) is 0 Å². The van der Waals surface area contributed by atoms with Crippen molar-refractivity contribution in [3.05, 3.63) is 35.5 Å². The van der Waals surface area contributed by atoms with Crippen molar-refractivity contribution in [3.8, 4) is 0 Å². The molecular formula is C17H23NO2. The Kier molecular flexibility index (Phi) is 3.63. The molecule has 1 N–H and O–H groups in total. The predicted molar refractivity (Wildman–Crippen MR) is 82.2 cm³/mol. The third-order valence-electron chi connectivity index (χ3n) is 3.79. The van der Waals surface area contributed by atoms with Crippen LogP contribution in [0.4, 0.5) is 0 Å². The van der Waals surface area contributed by atoms with Crippen LogP contribution in [0, 0.1) is 12.3 Å². The molecule has 2 rings (SSSR count). The minimum Gasteiger partial charge on any atom is -0.481 e. The molecule has 0 radical (unpaired) electrons. The first-order valence-corrected chi connectivity index (χ1v) is 7.06. The van der Waals surface area contributed by atoms with E-state index in [4.69, 9.17) is 0 Å². The zero-order chi connectivity index (χ0) is 15.1. The number of benzene rings is 1. The summed E-state index contributed by atoms with van der Waals surface area (Å²) in [5.74, 6) is -0.755. The van der Waals surface area contributed by atoms with E-state index in [9.17, 15) is 9.90 Å². The number of fused-ring (bicyclic) bond motifs is 1. The second-order valence-corrected chi connectivity index (χ2v) is 6.53. The standard InChI is InChI=1S/C17H23NO2/c1-11(2)18-14(10-17(4,5)16(19)20)9-13-8-12(3)6-7-15(13)18/h6-9,11H,10H2,1-5H3,(H,19,20). The quantitative estimate of drug-likeness (QED) is 0.907. The van der Waals surface area contributed by atoms with Crippen LogP contribution in [0.2, 0.25) is 0 Å². The maximum atomic E-state index is 11.4. The van der Waals surface area contributed by atoms with Gasteiger partial charge in [0.25, 0.3) is 0 Å². The third-order valence-corrected chi connectivity index (χ3v) is 3.79. The summed E-state index contributed by atoms with van der Waals surface area (Å²) in [5, 5.41) is 10.5. The molecule has 1 aromatic carbocycles. The average molecular weight is 273 g/mol. The van der Waals surface area contributed by atoms with Crippen LogP contribution in [0.25, 0.3) is 10.9 Å². The van der Waals surface area contributed by atoms with Crippen molar-refractivity contribution in [2.24, 2.45) is 5.41 Å². The van der Waals surface area contributed by atoms with Crippen molar-refractivity contribution < 1.29 is 9.90 Å². The monoisotopic (exact) mass is 273 g/mol. The first kappa shape index (κ1) is 14.6. The number of aromatic nitrogens is 1. The fraction of sp³-hybridized carbons (Fsp3) is 0.471. The molecule has 3 heteroatoms. The van der Waals surface area contributed by atoms with Gasteiger partial charge in [0.2, 0.25) is 0 Å². The van der Waals surface area contributed by atoms with Crippen LogP contribution in [0.5, 0.6) is 0 Å². The van der Waals surface area contributed by atoms with Gasteiger partial charge >= 0.3 is 5.97 Å². The molecule has 0 aliphatic rings. The molecule has 20 heavy (non-hydrogen) atoms. The number of nitrogens with zero attached hydrogens (tertiary/aromatic N) is 1. The van der Waals surface area contributed by atoms with E-state index in [2.05, 4.69) is 49.6 Å². The van der Waals surface area contributed by atoms with E-state index in [0.29, 0.717) is 12.5 Å². The fourth-order valence-corrected chi connectivity index (χ4v) is 2.69. The maximum Gasteiger partial charge on any atom is 0.309 e. The number of carboxylic acid groups (broad SMARTS) is 1. The predicted octanol–water partition coefficient (Wildman–Crippen LogP) is 4.18.